The van der Waals surface area contributed by atoms with Crippen LogP contribution < -0.4 is 4.90 Å². The van der Waals surface area contributed by atoms with Crippen molar-refractivity contribution in [2.45, 2.75) is 43.6 Å². The van der Waals surface area contributed by atoms with Crippen molar-refractivity contribution in [3.63, 3.8) is 0 Å². The maximum absolute atomic E-state index is 12.9. The van der Waals surface area contributed by atoms with Gasteiger partial charge in [-0.25, -0.2) is 0 Å². The van der Waals surface area contributed by atoms with Gasteiger partial charge < -0.3 is 24.4 Å². The number of nitrogens with zero attached hydrogens (tertiary/aromatic N) is 3. The van der Waals surface area contributed by atoms with Crippen LogP contribution in [0.5, 0.6) is 0 Å². The summed E-state index contributed by atoms with van der Waals surface area (Å²) in [7, 11) is 2.03. The van der Waals surface area contributed by atoms with Crippen LogP contribution in [0, 0.1) is 0 Å². The van der Waals surface area contributed by atoms with E-state index in [9.17, 15) is 9.90 Å². The Labute approximate surface area is 173 Å². The first kappa shape index (κ1) is 20.6. The number of likely N-dealkylation sites (N-methyl/N-ethyl adjacent to an activating group) is 1. The number of fused-ring (bicyclic) bond motifs is 1. The number of benzene rings is 1. The third-order valence-electron chi connectivity index (χ3n) is 6.39. The molecule has 160 valence electrons. The lowest BCUT2D eigenvalue weighted by Crippen LogP contribution is -2.55. The molecule has 29 heavy (non-hydrogen) atoms. The smallest absolute Gasteiger partial charge is 0.225 e. The average Bonchev–Trinajstić information content (AvgIpc) is 2.73. The average molecular weight is 404 g/mol. The first-order valence-corrected chi connectivity index (χ1v) is 10.8. The van der Waals surface area contributed by atoms with E-state index >= 15 is 0 Å². The first-order valence-electron chi connectivity index (χ1n) is 10.8. The van der Waals surface area contributed by atoms with Crippen LogP contribution in [-0.2, 0) is 14.3 Å². The first-order chi connectivity index (χ1) is 14.1. The summed E-state index contributed by atoms with van der Waals surface area (Å²) < 4.78 is 11.9. The van der Waals surface area contributed by atoms with E-state index in [1.807, 2.05) is 18.0 Å². The number of amides is 1. The van der Waals surface area contributed by atoms with Gasteiger partial charge in [0.1, 0.15) is 0 Å². The van der Waals surface area contributed by atoms with Gasteiger partial charge in [0.05, 0.1) is 37.9 Å². The van der Waals surface area contributed by atoms with E-state index in [-0.39, 0.29) is 24.2 Å². The second-order valence-corrected chi connectivity index (χ2v) is 8.48. The molecule has 0 aromatic heterocycles. The van der Waals surface area contributed by atoms with E-state index in [0.29, 0.717) is 26.2 Å². The van der Waals surface area contributed by atoms with Gasteiger partial charge >= 0.3 is 0 Å². The molecule has 1 aromatic carbocycles. The summed E-state index contributed by atoms with van der Waals surface area (Å²) in [5, 5.41) is 9.92. The number of anilines is 1. The van der Waals surface area contributed by atoms with Crippen LogP contribution in [0.4, 0.5) is 5.69 Å². The molecule has 1 amide bonds. The molecule has 4 atom stereocenters. The maximum Gasteiger partial charge on any atom is 0.225 e. The predicted molar refractivity (Wildman–Crippen MR) is 111 cm³/mol. The van der Waals surface area contributed by atoms with Crippen molar-refractivity contribution in [3.8, 4) is 0 Å². The molecule has 1 N–H and O–H groups in total. The standard InChI is InChI=1S/C22H33N3O4/c1-23-14-18(26)15-28-16-21-20(23)8-7-19(29-21)13-22(27)25-11-9-24(10-12-25)17-5-3-2-4-6-17/h2-6,18-21,26H,7-16H2,1H3/t18-,19-,20-,21+/m1/s1. The van der Waals surface area contributed by atoms with Crippen LogP contribution >= 0.6 is 0 Å². The Morgan fingerprint density at radius 3 is 2.62 bits per heavy atom. The molecule has 3 aliphatic rings. The van der Waals surface area contributed by atoms with Crippen LogP contribution in [0.25, 0.3) is 0 Å². The van der Waals surface area contributed by atoms with Gasteiger partial charge in [0.15, 0.2) is 0 Å². The second kappa shape index (κ2) is 9.43. The summed E-state index contributed by atoms with van der Waals surface area (Å²) in [6.07, 6.45) is 1.76. The lowest BCUT2D eigenvalue weighted by molar-refractivity contribution is -0.157. The Balaban J connectivity index is 1.26. The van der Waals surface area contributed by atoms with Gasteiger partial charge in [-0.1, -0.05) is 18.2 Å². The molecule has 0 aliphatic carbocycles. The van der Waals surface area contributed by atoms with Crippen molar-refractivity contribution in [2.75, 3.05) is 57.9 Å². The van der Waals surface area contributed by atoms with E-state index in [4.69, 9.17) is 9.47 Å². The zero-order valence-corrected chi connectivity index (χ0v) is 17.3. The van der Waals surface area contributed by atoms with Crippen molar-refractivity contribution in [2.24, 2.45) is 0 Å². The van der Waals surface area contributed by atoms with E-state index < -0.39 is 6.10 Å². The Morgan fingerprint density at radius 1 is 1.10 bits per heavy atom. The quantitative estimate of drug-likeness (QED) is 0.811. The number of hydrogen-bond acceptors (Lipinski definition) is 6. The minimum atomic E-state index is -0.449. The normalized spacial score (nSPS) is 31.7. The molecule has 3 heterocycles. The van der Waals surface area contributed by atoms with Crippen LogP contribution in [0.2, 0.25) is 0 Å². The number of piperazine rings is 1. The summed E-state index contributed by atoms with van der Waals surface area (Å²) in [5.74, 6) is 0.191. The van der Waals surface area contributed by atoms with Crippen LogP contribution in [-0.4, -0.2) is 98.2 Å². The molecule has 0 radical (unpaired) electrons. The molecule has 1 aromatic rings. The Bertz CT molecular complexity index is 665. The molecule has 0 spiro atoms. The molecular formula is C22H33N3O4. The molecule has 3 saturated heterocycles. The highest BCUT2D eigenvalue weighted by atomic mass is 16.5. The number of aliphatic hydroxyl groups is 1. The number of ether oxygens (including phenoxy) is 2. The highest BCUT2D eigenvalue weighted by Gasteiger charge is 2.37. The maximum atomic E-state index is 12.9. The SMILES string of the molecule is CN1C[C@@H](O)COC[C@@H]2O[C@@H](CC(=O)N3CCN(c4ccccc4)CC3)CC[C@H]21. The fourth-order valence-electron chi connectivity index (χ4n) is 4.77. The van der Waals surface area contributed by atoms with Crippen LogP contribution in [0.1, 0.15) is 19.3 Å². The van der Waals surface area contributed by atoms with Crippen molar-refractivity contribution < 1.29 is 19.4 Å². The van der Waals surface area contributed by atoms with E-state index in [0.717, 1.165) is 39.0 Å². The molecule has 7 heteroatoms. The van der Waals surface area contributed by atoms with Crippen LogP contribution in [0.3, 0.4) is 0 Å². The summed E-state index contributed by atoms with van der Waals surface area (Å²) in [4.78, 5) is 19.3. The Morgan fingerprint density at radius 2 is 1.86 bits per heavy atom. The third kappa shape index (κ3) is 5.09. The summed E-state index contributed by atoms with van der Waals surface area (Å²) in [5.41, 5.74) is 1.22. The van der Waals surface area contributed by atoms with Gasteiger partial charge in [0.2, 0.25) is 5.91 Å². The minimum absolute atomic E-state index is 0.0334. The van der Waals surface area contributed by atoms with Crippen LogP contribution in [0.15, 0.2) is 30.3 Å². The third-order valence-corrected chi connectivity index (χ3v) is 6.39. The van der Waals surface area contributed by atoms with E-state index in [2.05, 4.69) is 34.1 Å². The number of aliphatic hydroxyl groups excluding tert-OH is 1. The lowest BCUT2D eigenvalue weighted by atomic mass is 9.95. The molecule has 3 aliphatic heterocycles. The largest absolute Gasteiger partial charge is 0.389 e. The summed E-state index contributed by atoms with van der Waals surface area (Å²) in [6, 6.07) is 10.6. The molecular weight excluding hydrogens is 370 g/mol. The fraction of sp³-hybridized carbons (Fsp3) is 0.682. The van der Waals surface area contributed by atoms with Gasteiger partial charge in [-0.05, 0) is 32.0 Å². The summed E-state index contributed by atoms with van der Waals surface area (Å²) >= 11 is 0. The van der Waals surface area contributed by atoms with E-state index in [1.54, 1.807) is 0 Å². The van der Waals surface area contributed by atoms with Gasteiger partial charge in [-0.2, -0.15) is 0 Å². The molecule has 0 unspecified atom stereocenters. The zero-order valence-electron chi connectivity index (χ0n) is 17.3. The summed E-state index contributed by atoms with van der Waals surface area (Å²) in [6.45, 7) is 4.67. The van der Waals surface area contributed by atoms with Crippen molar-refractivity contribution in [3.05, 3.63) is 30.3 Å². The van der Waals surface area contributed by atoms with E-state index in [1.165, 1.54) is 5.69 Å². The zero-order chi connectivity index (χ0) is 20.2. The fourth-order valence-corrected chi connectivity index (χ4v) is 4.77. The predicted octanol–water partition coefficient (Wildman–Crippen LogP) is 0.964. The highest BCUT2D eigenvalue weighted by molar-refractivity contribution is 5.77. The number of carbonyl (C=O) groups excluding carboxylic acids is 1. The highest BCUT2D eigenvalue weighted by Crippen LogP contribution is 2.27. The van der Waals surface area contributed by atoms with Gasteiger partial charge in [0.25, 0.3) is 0 Å². The second-order valence-electron chi connectivity index (χ2n) is 8.48. The molecule has 3 fully saturated rings. The van der Waals surface area contributed by atoms with Gasteiger partial charge in [-0.3, -0.25) is 9.69 Å². The van der Waals surface area contributed by atoms with Gasteiger partial charge in [0, 0.05) is 44.5 Å². The number of carbonyl (C=O) groups is 1. The molecule has 0 saturated carbocycles. The topological polar surface area (TPSA) is 65.5 Å². The Hall–Kier alpha value is -1.67. The molecule has 7 nitrogen and oxygen atoms in total. The van der Waals surface area contributed by atoms with Crippen molar-refractivity contribution in [1.82, 2.24) is 9.80 Å². The lowest BCUT2D eigenvalue weighted by Gasteiger charge is -2.43. The Kier molecular flexibility index (Phi) is 6.70. The molecule has 0 bridgehead atoms. The monoisotopic (exact) mass is 403 g/mol. The van der Waals surface area contributed by atoms with Crippen molar-refractivity contribution in [1.29, 1.82) is 0 Å². The number of β-amino-alcohol motifs (C(OH)–C–C–N with tert-alkyl or cyclic N) is 1. The number of hydrogen-bond donors (Lipinski definition) is 1. The number of rotatable bonds is 3. The number of para-hydroxylation sites is 1. The molecule has 4 rings (SSSR count). The van der Waals surface area contributed by atoms with Gasteiger partial charge in [-0.15, -0.1) is 0 Å². The minimum Gasteiger partial charge on any atom is -0.389 e. The van der Waals surface area contributed by atoms with Crippen molar-refractivity contribution >= 4 is 11.6 Å².